The molecule has 3 rings (SSSR count). The van der Waals surface area contributed by atoms with Crippen LogP contribution in [0.3, 0.4) is 0 Å². The predicted octanol–water partition coefficient (Wildman–Crippen LogP) is 2.34. The molecule has 1 fully saturated rings. The van der Waals surface area contributed by atoms with Crippen molar-refractivity contribution < 1.29 is 19.1 Å². The van der Waals surface area contributed by atoms with E-state index in [0.29, 0.717) is 60.2 Å². The second-order valence-electron chi connectivity index (χ2n) is 7.49. The third-order valence-corrected chi connectivity index (χ3v) is 6.19. The maximum Gasteiger partial charge on any atom is 0.254 e. The summed E-state index contributed by atoms with van der Waals surface area (Å²) in [6.45, 7) is 4.67. The summed E-state index contributed by atoms with van der Waals surface area (Å²) < 4.78 is 10.2. The standard InChI is InChI=1S/C22H28ClN5O4S/c1-15-13-27(8-9-28(15)21(30)16-5-4-6-17(11-16)32-3)19-12-18(23)25-22(26-19)33-14-20(29)24-7-10-31-2/h4-6,11-12,15H,7-10,13-14H2,1-3H3,(H,24,29). The lowest BCUT2D eigenvalue weighted by molar-refractivity contribution is -0.118. The van der Waals surface area contributed by atoms with Gasteiger partial charge in [0, 0.05) is 51.0 Å². The molecular weight excluding hydrogens is 466 g/mol. The van der Waals surface area contributed by atoms with Crippen LogP contribution in [-0.4, -0.2) is 85.5 Å². The van der Waals surface area contributed by atoms with Gasteiger partial charge < -0.3 is 24.6 Å². The Hall–Kier alpha value is -2.56. The number of nitrogens with zero attached hydrogens (tertiary/aromatic N) is 4. The molecule has 1 atom stereocenters. The number of nitrogens with one attached hydrogen (secondary N) is 1. The van der Waals surface area contributed by atoms with Crippen molar-refractivity contribution in [1.82, 2.24) is 20.2 Å². The van der Waals surface area contributed by atoms with E-state index in [1.54, 1.807) is 32.4 Å². The maximum atomic E-state index is 13.0. The number of anilines is 1. The number of carbonyl (C=O) groups is 2. The first-order chi connectivity index (χ1) is 15.9. The Bertz CT molecular complexity index is 980. The van der Waals surface area contributed by atoms with Crippen LogP contribution >= 0.6 is 23.4 Å². The number of benzene rings is 1. The lowest BCUT2D eigenvalue weighted by Gasteiger charge is -2.40. The summed E-state index contributed by atoms with van der Waals surface area (Å²) in [5.41, 5.74) is 0.599. The number of methoxy groups -OCH3 is 2. The molecule has 1 saturated heterocycles. The Morgan fingerprint density at radius 3 is 2.79 bits per heavy atom. The average Bonchev–Trinajstić information content (AvgIpc) is 2.82. The highest BCUT2D eigenvalue weighted by Crippen LogP contribution is 2.25. The number of rotatable bonds is 9. The van der Waals surface area contributed by atoms with Crippen LogP contribution in [0.5, 0.6) is 5.75 Å². The monoisotopic (exact) mass is 493 g/mol. The Morgan fingerprint density at radius 2 is 2.06 bits per heavy atom. The Balaban J connectivity index is 1.62. The molecule has 33 heavy (non-hydrogen) atoms. The van der Waals surface area contributed by atoms with Crippen LogP contribution in [0, 0.1) is 0 Å². The SMILES string of the molecule is COCCNC(=O)CSc1nc(Cl)cc(N2CCN(C(=O)c3cccc(OC)c3)C(C)C2)n1. The number of piperazine rings is 1. The molecule has 178 valence electrons. The maximum absolute atomic E-state index is 13.0. The van der Waals surface area contributed by atoms with Gasteiger partial charge in [0.05, 0.1) is 19.5 Å². The van der Waals surface area contributed by atoms with Gasteiger partial charge in [0.2, 0.25) is 5.91 Å². The van der Waals surface area contributed by atoms with E-state index in [1.165, 1.54) is 11.8 Å². The van der Waals surface area contributed by atoms with Gasteiger partial charge in [0.1, 0.15) is 16.7 Å². The van der Waals surface area contributed by atoms with Crippen molar-refractivity contribution in [2.45, 2.75) is 18.1 Å². The zero-order chi connectivity index (χ0) is 23.8. The molecule has 1 N–H and O–H groups in total. The van der Waals surface area contributed by atoms with Gasteiger partial charge in [0.25, 0.3) is 5.91 Å². The van der Waals surface area contributed by atoms with Crippen LogP contribution in [0.15, 0.2) is 35.5 Å². The third-order valence-electron chi connectivity index (χ3n) is 5.15. The summed E-state index contributed by atoms with van der Waals surface area (Å²) in [6.07, 6.45) is 0. The van der Waals surface area contributed by atoms with E-state index >= 15 is 0 Å². The molecule has 1 unspecified atom stereocenters. The topological polar surface area (TPSA) is 96.9 Å². The average molecular weight is 494 g/mol. The summed E-state index contributed by atoms with van der Waals surface area (Å²) in [5.74, 6) is 1.36. The van der Waals surface area contributed by atoms with Crippen LogP contribution in [0.25, 0.3) is 0 Å². The van der Waals surface area contributed by atoms with E-state index in [9.17, 15) is 9.59 Å². The van der Waals surface area contributed by atoms with Gasteiger partial charge in [-0.05, 0) is 25.1 Å². The van der Waals surface area contributed by atoms with Crippen LogP contribution in [-0.2, 0) is 9.53 Å². The van der Waals surface area contributed by atoms with E-state index in [1.807, 2.05) is 24.0 Å². The molecule has 1 aromatic carbocycles. The molecule has 1 aliphatic heterocycles. The largest absolute Gasteiger partial charge is 0.497 e. The lowest BCUT2D eigenvalue weighted by Crippen LogP contribution is -2.54. The van der Waals surface area contributed by atoms with Crippen molar-refractivity contribution in [3.63, 3.8) is 0 Å². The Labute approximate surface area is 202 Å². The van der Waals surface area contributed by atoms with Gasteiger partial charge >= 0.3 is 0 Å². The number of hydrogen-bond acceptors (Lipinski definition) is 8. The summed E-state index contributed by atoms with van der Waals surface area (Å²) in [6, 6.07) is 8.84. The number of hydrogen-bond donors (Lipinski definition) is 1. The van der Waals surface area contributed by atoms with Crippen LogP contribution in [0.1, 0.15) is 17.3 Å². The van der Waals surface area contributed by atoms with Gasteiger partial charge in [-0.1, -0.05) is 29.4 Å². The van der Waals surface area contributed by atoms with Gasteiger partial charge in [-0.3, -0.25) is 9.59 Å². The summed E-state index contributed by atoms with van der Waals surface area (Å²) in [5, 5.41) is 3.50. The first kappa shape index (κ1) is 25.1. The zero-order valence-electron chi connectivity index (χ0n) is 18.9. The fraction of sp³-hybridized carbons (Fsp3) is 0.455. The molecule has 11 heteroatoms. The van der Waals surface area contributed by atoms with Crippen molar-refractivity contribution in [2.24, 2.45) is 0 Å². The molecule has 2 amide bonds. The molecule has 0 bridgehead atoms. The number of thioether (sulfide) groups is 1. The Kier molecular flexibility index (Phi) is 9.16. The number of amides is 2. The van der Waals surface area contributed by atoms with Crippen molar-refractivity contribution in [3.05, 3.63) is 41.0 Å². The van der Waals surface area contributed by atoms with E-state index in [-0.39, 0.29) is 23.6 Å². The van der Waals surface area contributed by atoms with Crippen LogP contribution < -0.4 is 15.0 Å². The second kappa shape index (κ2) is 12.1. The molecule has 1 aliphatic rings. The highest BCUT2D eigenvalue weighted by atomic mass is 35.5. The minimum Gasteiger partial charge on any atom is -0.497 e. The smallest absolute Gasteiger partial charge is 0.254 e. The van der Waals surface area contributed by atoms with E-state index in [4.69, 9.17) is 21.1 Å². The van der Waals surface area contributed by atoms with Crippen molar-refractivity contribution >= 4 is 41.0 Å². The highest BCUT2D eigenvalue weighted by molar-refractivity contribution is 7.99. The third kappa shape index (κ3) is 6.96. The minimum atomic E-state index is -0.125. The number of ether oxygens (including phenoxy) is 2. The molecule has 9 nitrogen and oxygen atoms in total. The van der Waals surface area contributed by atoms with Crippen LogP contribution in [0.4, 0.5) is 5.82 Å². The minimum absolute atomic E-state index is 0.0301. The molecule has 2 aromatic rings. The molecule has 2 heterocycles. The van der Waals surface area contributed by atoms with E-state index < -0.39 is 0 Å². The molecule has 0 saturated carbocycles. The normalized spacial score (nSPS) is 15.9. The fourth-order valence-corrected chi connectivity index (χ4v) is 4.39. The van der Waals surface area contributed by atoms with E-state index in [0.717, 1.165) is 0 Å². The quantitative estimate of drug-likeness (QED) is 0.246. The van der Waals surface area contributed by atoms with Gasteiger partial charge in [-0.25, -0.2) is 9.97 Å². The number of halogens is 1. The predicted molar refractivity (Wildman–Crippen MR) is 128 cm³/mol. The molecule has 0 aliphatic carbocycles. The number of aromatic nitrogens is 2. The molecule has 0 spiro atoms. The van der Waals surface area contributed by atoms with Gasteiger partial charge in [-0.2, -0.15) is 0 Å². The highest BCUT2D eigenvalue weighted by Gasteiger charge is 2.29. The van der Waals surface area contributed by atoms with Gasteiger partial charge in [-0.15, -0.1) is 0 Å². The van der Waals surface area contributed by atoms with E-state index in [2.05, 4.69) is 20.2 Å². The molecule has 1 aromatic heterocycles. The fourth-order valence-electron chi connectivity index (χ4n) is 3.47. The first-order valence-electron chi connectivity index (χ1n) is 10.5. The van der Waals surface area contributed by atoms with Crippen molar-refractivity contribution in [1.29, 1.82) is 0 Å². The molecular formula is C22H28ClN5O4S. The van der Waals surface area contributed by atoms with Crippen molar-refractivity contribution in [2.75, 3.05) is 57.7 Å². The summed E-state index contributed by atoms with van der Waals surface area (Å²) in [7, 11) is 3.16. The van der Waals surface area contributed by atoms with Crippen molar-refractivity contribution in [3.8, 4) is 5.75 Å². The lowest BCUT2D eigenvalue weighted by atomic mass is 10.1. The molecule has 0 radical (unpaired) electrons. The summed E-state index contributed by atoms with van der Waals surface area (Å²) in [4.78, 5) is 37.7. The first-order valence-corrected chi connectivity index (χ1v) is 11.9. The Morgan fingerprint density at radius 1 is 1.24 bits per heavy atom. The van der Waals surface area contributed by atoms with Gasteiger partial charge in [0.15, 0.2) is 5.16 Å². The second-order valence-corrected chi connectivity index (χ2v) is 8.82. The zero-order valence-corrected chi connectivity index (χ0v) is 20.5. The number of carbonyl (C=O) groups excluding carboxylic acids is 2. The van der Waals surface area contributed by atoms with Crippen LogP contribution in [0.2, 0.25) is 5.15 Å². The summed E-state index contributed by atoms with van der Waals surface area (Å²) >= 11 is 7.45.